The zero-order chi connectivity index (χ0) is 10.8. The number of rotatable bonds is 1. The number of amides is 1. The third-order valence-corrected chi connectivity index (χ3v) is 3.60. The van der Waals surface area contributed by atoms with Gasteiger partial charge >= 0.3 is 0 Å². The van der Waals surface area contributed by atoms with Gasteiger partial charge in [-0.2, -0.15) is 0 Å². The second-order valence-electron chi connectivity index (χ2n) is 4.58. The van der Waals surface area contributed by atoms with Gasteiger partial charge in [0, 0.05) is 31.8 Å². The van der Waals surface area contributed by atoms with Crippen molar-refractivity contribution in [1.29, 1.82) is 0 Å². The van der Waals surface area contributed by atoms with E-state index in [9.17, 15) is 4.79 Å². The molecule has 15 heavy (non-hydrogen) atoms. The van der Waals surface area contributed by atoms with Crippen LogP contribution in [0.15, 0.2) is 0 Å². The van der Waals surface area contributed by atoms with E-state index < -0.39 is 0 Å². The van der Waals surface area contributed by atoms with Crippen molar-refractivity contribution in [2.75, 3.05) is 26.3 Å². The van der Waals surface area contributed by atoms with E-state index in [2.05, 4.69) is 19.2 Å². The molecule has 4 nitrogen and oxygen atoms in total. The van der Waals surface area contributed by atoms with Gasteiger partial charge in [-0.15, -0.1) is 0 Å². The minimum atomic E-state index is 0.109. The maximum Gasteiger partial charge on any atom is 0.228 e. The van der Waals surface area contributed by atoms with Gasteiger partial charge in [-0.05, 0) is 20.3 Å². The third-order valence-electron chi connectivity index (χ3n) is 3.60. The van der Waals surface area contributed by atoms with Crippen LogP contribution < -0.4 is 5.32 Å². The van der Waals surface area contributed by atoms with Crippen LogP contribution in [0, 0.1) is 5.92 Å². The van der Waals surface area contributed by atoms with Crippen LogP contribution in [0.25, 0.3) is 0 Å². The standard InChI is InChI=1S/C11H20N2O2/c1-8-9(2)13(5-4-12-8)11(14)10-3-6-15-7-10/h8-10,12H,3-7H2,1-2H3. The molecule has 2 saturated heterocycles. The monoisotopic (exact) mass is 212 g/mol. The summed E-state index contributed by atoms with van der Waals surface area (Å²) in [5.41, 5.74) is 0. The summed E-state index contributed by atoms with van der Waals surface area (Å²) in [6.45, 7) is 7.35. The molecule has 4 heteroatoms. The molecule has 2 aliphatic heterocycles. The number of ether oxygens (including phenoxy) is 1. The Hall–Kier alpha value is -0.610. The lowest BCUT2D eigenvalue weighted by atomic mass is 10.0. The maximum atomic E-state index is 12.2. The Morgan fingerprint density at radius 2 is 2.27 bits per heavy atom. The molecular weight excluding hydrogens is 192 g/mol. The van der Waals surface area contributed by atoms with Crippen molar-refractivity contribution in [1.82, 2.24) is 10.2 Å². The molecule has 1 amide bonds. The van der Waals surface area contributed by atoms with Crippen molar-refractivity contribution in [3.8, 4) is 0 Å². The Balaban J connectivity index is 1.98. The molecule has 2 aliphatic rings. The number of hydrogen-bond donors (Lipinski definition) is 1. The summed E-state index contributed by atoms with van der Waals surface area (Å²) < 4.78 is 5.27. The highest BCUT2D eigenvalue weighted by molar-refractivity contribution is 5.79. The highest BCUT2D eigenvalue weighted by Gasteiger charge is 2.33. The lowest BCUT2D eigenvalue weighted by molar-refractivity contribution is -0.139. The molecule has 3 atom stereocenters. The van der Waals surface area contributed by atoms with Gasteiger partial charge in [0.15, 0.2) is 0 Å². The topological polar surface area (TPSA) is 41.6 Å². The van der Waals surface area contributed by atoms with Gasteiger partial charge in [0.2, 0.25) is 5.91 Å². The third kappa shape index (κ3) is 2.16. The lowest BCUT2D eigenvalue weighted by Gasteiger charge is -2.39. The molecule has 2 rings (SSSR count). The van der Waals surface area contributed by atoms with Crippen molar-refractivity contribution in [2.24, 2.45) is 5.92 Å². The first kappa shape index (κ1) is 10.9. The maximum absolute atomic E-state index is 12.2. The van der Waals surface area contributed by atoms with Crippen LogP contribution in [-0.4, -0.2) is 49.2 Å². The summed E-state index contributed by atoms with van der Waals surface area (Å²) in [5, 5.41) is 3.38. The van der Waals surface area contributed by atoms with Crippen molar-refractivity contribution in [2.45, 2.75) is 32.4 Å². The zero-order valence-electron chi connectivity index (χ0n) is 9.53. The van der Waals surface area contributed by atoms with Crippen molar-refractivity contribution < 1.29 is 9.53 Å². The van der Waals surface area contributed by atoms with E-state index in [0.29, 0.717) is 18.7 Å². The van der Waals surface area contributed by atoms with Crippen molar-refractivity contribution >= 4 is 5.91 Å². The number of nitrogens with one attached hydrogen (secondary N) is 1. The summed E-state index contributed by atoms with van der Waals surface area (Å²) in [5.74, 6) is 0.395. The molecular formula is C11H20N2O2. The molecule has 0 aliphatic carbocycles. The van der Waals surface area contributed by atoms with Crippen LogP contribution in [0.5, 0.6) is 0 Å². The highest BCUT2D eigenvalue weighted by Crippen LogP contribution is 2.19. The Kier molecular flexibility index (Phi) is 3.26. The first-order chi connectivity index (χ1) is 7.20. The minimum Gasteiger partial charge on any atom is -0.381 e. The van der Waals surface area contributed by atoms with E-state index >= 15 is 0 Å². The molecule has 0 saturated carbocycles. The van der Waals surface area contributed by atoms with Gasteiger partial charge < -0.3 is 15.0 Å². The lowest BCUT2D eigenvalue weighted by Crippen LogP contribution is -2.58. The Bertz CT molecular complexity index is 239. The Morgan fingerprint density at radius 3 is 2.93 bits per heavy atom. The van der Waals surface area contributed by atoms with Crippen LogP contribution in [0.2, 0.25) is 0 Å². The summed E-state index contributed by atoms with van der Waals surface area (Å²) in [6.07, 6.45) is 0.893. The first-order valence-electron chi connectivity index (χ1n) is 5.81. The number of hydrogen-bond acceptors (Lipinski definition) is 3. The fourth-order valence-corrected chi connectivity index (χ4v) is 2.33. The number of nitrogens with zero attached hydrogens (tertiary/aromatic N) is 1. The van der Waals surface area contributed by atoms with Crippen LogP contribution in [0.1, 0.15) is 20.3 Å². The molecule has 1 N–H and O–H groups in total. The molecule has 0 spiro atoms. The number of piperazine rings is 1. The van der Waals surface area contributed by atoms with Crippen molar-refractivity contribution in [3.05, 3.63) is 0 Å². The summed E-state index contributed by atoms with van der Waals surface area (Å²) in [4.78, 5) is 14.2. The van der Waals surface area contributed by atoms with E-state index in [1.165, 1.54) is 0 Å². The van der Waals surface area contributed by atoms with Gasteiger partial charge in [-0.25, -0.2) is 0 Å². The van der Waals surface area contributed by atoms with E-state index in [4.69, 9.17) is 4.74 Å². The quantitative estimate of drug-likeness (QED) is 0.676. The van der Waals surface area contributed by atoms with E-state index in [0.717, 1.165) is 26.1 Å². The van der Waals surface area contributed by atoms with Gasteiger partial charge in [-0.3, -0.25) is 4.79 Å². The smallest absolute Gasteiger partial charge is 0.228 e. The Labute approximate surface area is 91.0 Å². The van der Waals surface area contributed by atoms with E-state index in [1.807, 2.05) is 4.90 Å². The number of carbonyl (C=O) groups is 1. The Morgan fingerprint density at radius 1 is 1.47 bits per heavy atom. The fourth-order valence-electron chi connectivity index (χ4n) is 2.33. The average molecular weight is 212 g/mol. The number of carbonyl (C=O) groups excluding carboxylic acids is 1. The molecule has 0 aromatic heterocycles. The van der Waals surface area contributed by atoms with Crippen molar-refractivity contribution in [3.63, 3.8) is 0 Å². The van der Waals surface area contributed by atoms with Crippen LogP contribution >= 0.6 is 0 Å². The van der Waals surface area contributed by atoms with Gasteiger partial charge in [0.25, 0.3) is 0 Å². The van der Waals surface area contributed by atoms with Gasteiger partial charge in [0.1, 0.15) is 0 Å². The molecule has 2 heterocycles. The highest BCUT2D eigenvalue weighted by atomic mass is 16.5. The van der Waals surface area contributed by atoms with E-state index in [1.54, 1.807) is 0 Å². The molecule has 0 radical (unpaired) electrons. The second-order valence-corrected chi connectivity index (χ2v) is 4.58. The SMILES string of the molecule is CC1NCCN(C(=O)C2CCOC2)C1C. The first-order valence-corrected chi connectivity index (χ1v) is 5.81. The predicted octanol–water partition coefficient (Wildman–Crippen LogP) is 0.232. The normalized spacial score (nSPS) is 36.9. The fraction of sp³-hybridized carbons (Fsp3) is 0.909. The van der Waals surface area contributed by atoms with Gasteiger partial charge in [-0.1, -0.05) is 0 Å². The van der Waals surface area contributed by atoms with Gasteiger partial charge in [0.05, 0.1) is 12.5 Å². The molecule has 3 unspecified atom stereocenters. The summed E-state index contributed by atoms with van der Waals surface area (Å²) in [7, 11) is 0. The summed E-state index contributed by atoms with van der Waals surface area (Å²) in [6, 6.07) is 0.692. The van der Waals surface area contributed by atoms with Crippen LogP contribution in [0.4, 0.5) is 0 Å². The molecule has 86 valence electrons. The average Bonchev–Trinajstić information content (AvgIpc) is 2.74. The minimum absolute atomic E-state index is 0.109. The van der Waals surface area contributed by atoms with E-state index in [-0.39, 0.29) is 11.8 Å². The zero-order valence-corrected chi connectivity index (χ0v) is 9.53. The second kappa shape index (κ2) is 4.49. The summed E-state index contributed by atoms with van der Waals surface area (Å²) >= 11 is 0. The molecule has 2 fully saturated rings. The molecule has 0 bridgehead atoms. The largest absolute Gasteiger partial charge is 0.381 e. The van der Waals surface area contributed by atoms with Crippen LogP contribution in [0.3, 0.4) is 0 Å². The molecule has 0 aromatic rings. The predicted molar refractivity (Wildman–Crippen MR) is 57.6 cm³/mol. The molecule has 0 aromatic carbocycles. The van der Waals surface area contributed by atoms with Crippen LogP contribution in [-0.2, 0) is 9.53 Å².